The van der Waals surface area contributed by atoms with Crippen LogP contribution in [0, 0.1) is 11.9 Å². The van der Waals surface area contributed by atoms with E-state index in [0.717, 1.165) is 29.3 Å². The van der Waals surface area contributed by atoms with Crippen LogP contribution in [0.15, 0.2) is 78.7 Å². The Hall–Kier alpha value is -2.88. The van der Waals surface area contributed by atoms with Crippen molar-refractivity contribution >= 4 is 27.3 Å². The molecule has 3 nitrogen and oxygen atoms in total. The third-order valence-electron chi connectivity index (χ3n) is 5.03. The van der Waals surface area contributed by atoms with Crippen molar-refractivity contribution in [3.05, 3.63) is 90.6 Å². The molecule has 0 aliphatic heterocycles. The number of aromatic nitrogens is 1. The van der Waals surface area contributed by atoms with Gasteiger partial charge in [0.2, 0.25) is 0 Å². The van der Waals surface area contributed by atoms with Crippen molar-refractivity contribution < 1.29 is 34.4 Å². The summed E-state index contributed by atoms with van der Waals surface area (Å²) < 4.78 is 13.5. The number of pyridine rings is 1. The molecule has 173 valence electrons. The number of rotatable bonds is 6. The average Bonchev–Trinajstić information content (AvgIpc) is 2.79. The third-order valence-corrected chi connectivity index (χ3v) is 5.03. The second kappa shape index (κ2) is 13.0. The molecule has 0 saturated carbocycles. The monoisotopic (exact) mass is 622 g/mol. The molecule has 0 fully saturated rings. The Morgan fingerprint density at radius 2 is 1.76 bits per heavy atom. The minimum absolute atomic E-state index is 0. The van der Waals surface area contributed by atoms with Crippen molar-refractivity contribution in [2.24, 2.45) is 0 Å². The van der Waals surface area contributed by atoms with Gasteiger partial charge in [-0.3, -0.25) is 4.79 Å². The number of aliphatic hydroxyl groups excluding tert-OH is 1. The molecule has 1 heterocycles. The van der Waals surface area contributed by atoms with Crippen LogP contribution in [-0.4, -0.2) is 20.7 Å². The van der Waals surface area contributed by atoms with Gasteiger partial charge >= 0.3 is 5.78 Å². The van der Waals surface area contributed by atoms with Gasteiger partial charge in [-0.15, -0.1) is 29.8 Å². The molecule has 0 spiro atoms. The van der Waals surface area contributed by atoms with Gasteiger partial charge in [0.15, 0.2) is 0 Å². The Balaban J connectivity index is 0.000000278. The molecule has 0 unspecified atom stereocenters. The summed E-state index contributed by atoms with van der Waals surface area (Å²) in [6.07, 6.45) is 6.32. The fourth-order valence-electron chi connectivity index (χ4n) is 3.58. The summed E-state index contributed by atoms with van der Waals surface area (Å²) >= 11 is 0. The quantitative estimate of drug-likeness (QED) is 0.0794. The Morgan fingerprint density at radius 3 is 2.48 bits per heavy atom. The van der Waals surface area contributed by atoms with Crippen molar-refractivity contribution in [1.82, 2.24) is 4.98 Å². The largest absolute Gasteiger partial charge is 0.512 e. The fraction of sp³-hybridized carbons (Fsp3) is 0.214. The maximum absolute atomic E-state index is 13.5. The van der Waals surface area contributed by atoms with Crippen LogP contribution in [0.5, 0.6) is 0 Å². The molecule has 0 atom stereocenters. The van der Waals surface area contributed by atoms with Crippen molar-refractivity contribution in [3.63, 3.8) is 0 Å². The van der Waals surface area contributed by atoms with Gasteiger partial charge in [0.1, 0.15) is 5.76 Å². The van der Waals surface area contributed by atoms with E-state index in [1.54, 1.807) is 12.3 Å². The number of fused-ring (bicyclic) bond motifs is 3. The zero-order valence-corrected chi connectivity index (χ0v) is 21.2. The summed E-state index contributed by atoms with van der Waals surface area (Å²) in [5, 5.41) is 13.6. The van der Waals surface area contributed by atoms with Crippen molar-refractivity contribution in [3.8, 4) is 11.3 Å². The summed E-state index contributed by atoms with van der Waals surface area (Å²) in [4.78, 5) is 13.6. The number of ketones is 1. The normalized spacial score (nSPS) is 10.9. The van der Waals surface area contributed by atoms with Gasteiger partial charge < -0.3 is 10.1 Å². The smallest absolute Gasteiger partial charge is 0.319 e. The number of allylic oxidation sites excluding steroid dienone is 2. The second-order valence-corrected chi connectivity index (χ2v) is 7.59. The Labute approximate surface area is 207 Å². The van der Waals surface area contributed by atoms with E-state index in [0.29, 0.717) is 18.4 Å². The zero-order chi connectivity index (χ0) is 22.9. The zero-order valence-electron chi connectivity index (χ0n) is 18.8. The molecule has 4 aromatic rings. The van der Waals surface area contributed by atoms with Crippen LogP contribution in [0.25, 0.3) is 32.8 Å². The van der Waals surface area contributed by atoms with Gasteiger partial charge in [-0.25, -0.2) is 4.39 Å². The van der Waals surface area contributed by atoms with E-state index in [-0.39, 0.29) is 37.5 Å². The van der Waals surface area contributed by atoms with Crippen molar-refractivity contribution in [1.29, 1.82) is 0 Å². The van der Waals surface area contributed by atoms with Crippen LogP contribution in [0.4, 0.5) is 4.39 Å². The predicted octanol–water partition coefficient (Wildman–Crippen LogP) is 7.57. The van der Waals surface area contributed by atoms with E-state index in [9.17, 15) is 4.39 Å². The molecule has 33 heavy (non-hydrogen) atoms. The summed E-state index contributed by atoms with van der Waals surface area (Å²) in [5.74, 6) is 0.278. The molecule has 0 aliphatic rings. The molecule has 1 radical (unpaired) electrons. The van der Waals surface area contributed by atoms with Crippen LogP contribution in [0.3, 0.4) is 0 Å². The van der Waals surface area contributed by atoms with Crippen molar-refractivity contribution in [2.45, 2.75) is 39.5 Å². The number of nitrogens with zero attached hydrogens (tertiary/aromatic N) is 1. The number of halogens is 1. The van der Waals surface area contributed by atoms with Gasteiger partial charge in [-0.1, -0.05) is 50.2 Å². The first-order chi connectivity index (χ1) is 15.5. The van der Waals surface area contributed by atoms with Gasteiger partial charge in [0, 0.05) is 38.5 Å². The third kappa shape index (κ3) is 7.05. The predicted molar refractivity (Wildman–Crippen MR) is 131 cm³/mol. The molecule has 0 aliphatic carbocycles. The maximum atomic E-state index is 13.5. The second-order valence-electron chi connectivity index (χ2n) is 7.59. The molecule has 5 heteroatoms. The van der Waals surface area contributed by atoms with Crippen LogP contribution < -0.4 is 0 Å². The Kier molecular flexibility index (Phi) is 10.4. The molecule has 1 aromatic heterocycles. The summed E-state index contributed by atoms with van der Waals surface area (Å²) in [7, 11) is 0. The topological polar surface area (TPSA) is 54.5 Å². The Morgan fingerprint density at radius 1 is 1.00 bits per heavy atom. The number of carbonyl (C=O) groups excluding carboxylic acids is 1. The first-order valence-electron chi connectivity index (χ1n) is 10.9. The van der Waals surface area contributed by atoms with E-state index < -0.39 is 0 Å². The minimum atomic E-state index is -0.275. The molecule has 3 aromatic carbocycles. The number of hydrogen-bond donors (Lipinski definition) is 1. The molecule has 0 bridgehead atoms. The van der Waals surface area contributed by atoms with Gasteiger partial charge in [0.25, 0.3) is 0 Å². The summed E-state index contributed by atoms with van der Waals surface area (Å²) in [6, 6.07) is 21.9. The molecule has 4 rings (SSSR count). The van der Waals surface area contributed by atoms with Crippen LogP contribution in [0.2, 0.25) is 0 Å². The van der Waals surface area contributed by atoms with Crippen LogP contribution >= 0.6 is 0 Å². The van der Waals surface area contributed by atoms with Crippen LogP contribution in [0.1, 0.15) is 39.5 Å². The molecular formula is C28H28FIrNO2. The number of benzene rings is 3. The van der Waals surface area contributed by atoms with E-state index in [1.165, 1.54) is 29.0 Å². The molecule has 2 N–H and O–H groups in total. The number of hydrogen-bond acceptors (Lipinski definition) is 2. The maximum Gasteiger partial charge on any atom is 0.319 e. The average molecular weight is 622 g/mol. The number of aliphatic hydroxyl groups is 1. The Bertz CT molecular complexity index is 1250. The van der Waals surface area contributed by atoms with E-state index in [4.69, 9.17) is 9.90 Å². The van der Waals surface area contributed by atoms with E-state index in [1.807, 2.05) is 38.1 Å². The van der Waals surface area contributed by atoms with E-state index in [2.05, 4.69) is 29.2 Å². The minimum Gasteiger partial charge on any atom is -0.512 e. The fourth-order valence-corrected chi connectivity index (χ4v) is 3.58. The standard InChI is InChI=1S/C19H11FN.C9H16O2.Ir/c20-15-6-3-5-14(12-15)19-18-9-8-13-4-1-2-7-16(13)17(18)10-11-21-19;1-3-5-8(10)7-9(11)6-4-2;/h1-4,6-12H;7,10H,3-6H2,1-2H3;/q-1;;/p+1/b;8-7-;. The molecular weight excluding hydrogens is 594 g/mol. The van der Waals surface area contributed by atoms with Crippen LogP contribution in [-0.2, 0) is 20.1 Å². The van der Waals surface area contributed by atoms with Gasteiger partial charge in [-0.2, -0.15) is 0 Å². The van der Waals surface area contributed by atoms with Gasteiger partial charge in [0.05, 0.1) is 12.5 Å². The first kappa shape index (κ1) is 26.4. The molecule has 0 amide bonds. The first-order valence-corrected chi connectivity index (χ1v) is 10.9. The SMILES string of the molecule is CCCC(=[OH+])/C=C(\O)CCC.Fc1cc[c-]c(-c2nccc3c2ccc2ccccc23)c1.[Ir]. The summed E-state index contributed by atoms with van der Waals surface area (Å²) in [6.45, 7) is 3.97. The molecule has 0 saturated heterocycles. The van der Waals surface area contributed by atoms with E-state index >= 15 is 0 Å². The van der Waals surface area contributed by atoms with Crippen molar-refractivity contribution in [2.75, 3.05) is 0 Å². The van der Waals surface area contributed by atoms with Gasteiger partial charge in [-0.05, 0) is 46.1 Å². The summed E-state index contributed by atoms with van der Waals surface area (Å²) in [5.41, 5.74) is 1.44.